The van der Waals surface area contributed by atoms with Crippen LogP contribution in [-0.4, -0.2) is 21.2 Å². The molecule has 2 heterocycles. The topological polar surface area (TPSA) is 64.0 Å². The van der Waals surface area contributed by atoms with Crippen LogP contribution in [0.4, 0.5) is 5.69 Å². The fourth-order valence-corrected chi connectivity index (χ4v) is 2.85. The molecule has 0 bridgehead atoms. The summed E-state index contributed by atoms with van der Waals surface area (Å²) in [5.41, 5.74) is 2.54. The second kappa shape index (κ2) is 6.45. The maximum atomic E-state index is 12.6. The molecule has 0 atom stereocenters. The van der Waals surface area contributed by atoms with E-state index in [0.29, 0.717) is 16.9 Å². The van der Waals surface area contributed by atoms with Crippen molar-refractivity contribution in [1.82, 2.24) is 9.55 Å². The molecule has 0 radical (unpaired) electrons. The van der Waals surface area contributed by atoms with Crippen LogP contribution < -0.4 is 5.32 Å². The number of benzene rings is 1. The van der Waals surface area contributed by atoms with Gasteiger partial charge in [0, 0.05) is 36.3 Å². The minimum atomic E-state index is -0.255. The molecule has 0 saturated carbocycles. The smallest absolute Gasteiger partial charge is 0.257 e. The van der Waals surface area contributed by atoms with Gasteiger partial charge in [-0.15, -0.1) is 0 Å². The van der Waals surface area contributed by atoms with Crippen molar-refractivity contribution in [3.63, 3.8) is 0 Å². The Bertz CT molecular complexity index is 947. The van der Waals surface area contributed by atoms with Gasteiger partial charge >= 0.3 is 0 Å². The molecule has 0 spiro atoms. The van der Waals surface area contributed by atoms with E-state index in [4.69, 9.17) is 11.6 Å². The Labute approximate surface area is 144 Å². The highest BCUT2D eigenvalue weighted by Crippen LogP contribution is 2.24. The lowest BCUT2D eigenvalue weighted by atomic mass is 10.1. The van der Waals surface area contributed by atoms with Gasteiger partial charge in [-0.3, -0.25) is 9.59 Å². The van der Waals surface area contributed by atoms with Crippen LogP contribution in [0, 0.1) is 0 Å². The lowest BCUT2D eigenvalue weighted by molar-refractivity contribution is -0.116. The summed E-state index contributed by atoms with van der Waals surface area (Å²) in [6.07, 6.45) is 2.00. The second-order valence-electron chi connectivity index (χ2n) is 5.64. The highest BCUT2D eigenvalue weighted by molar-refractivity contribution is 6.32. The number of Topliss-reactive ketones (excluding diaryl/α,β-unsaturated/α-hetero) is 1. The normalized spacial score (nSPS) is 10.8. The van der Waals surface area contributed by atoms with E-state index >= 15 is 0 Å². The molecule has 1 N–H and O–H groups in total. The third-order valence-corrected chi connectivity index (χ3v) is 4.01. The average Bonchev–Trinajstić information content (AvgIpc) is 2.87. The highest BCUT2D eigenvalue weighted by atomic mass is 35.5. The number of halogens is 1. The molecule has 1 amide bonds. The van der Waals surface area contributed by atoms with Gasteiger partial charge in [0.05, 0.1) is 11.3 Å². The molecule has 3 rings (SSSR count). The third-order valence-electron chi connectivity index (χ3n) is 3.73. The number of carbonyl (C=O) groups is 2. The predicted molar refractivity (Wildman–Crippen MR) is 94.5 cm³/mol. The standard InChI is InChI=1S/C18H16ClN3O2/c1-11(23)9-12-7-8-15(17(19)20-12)21-18(24)14-10-22(2)16-6-4-3-5-13(14)16/h3-8,10H,9H2,1-2H3,(H,21,24). The molecule has 3 aromatic rings. The minimum Gasteiger partial charge on any atom is -0.350 e. The van der Waals surface area contributed by atoms with Crippen LogP contribution in [0.15, 0.2) is 42.6 Å². The summed E-state index contributed by atoms with van der Waals surface area (Å²) in [5, 5.41) is 3.82. The van der Waals surface area contributed by atoms with Gasteiger partial charge in [0.25, 0.3) is 5.91 Å². The zero-order valence-electron chi connectivity index (χ0n) is 13.3. The van der Waals surface area contributed by atoms with Gasteiger partial charge in [-0.1, -0.05) is 29.8 Å². The maximum Gasteiger partial charge on any atom is 0.257 e. The van der Waals surface area contributed by atoms with Crippen LogP contribution in [0.25, 0.3) is 10.9 Å². The molecular formula is C18H16ClN3O2. The Hall–Kier alpha value is -2.66. The Morgan fingerprint density at radius 2 is 1.96 bits per heavy atom. The number of nitrogens with zero attached hydrogens (tertiary/aromatic N) is 2. The molecule has 0 saturated heterocycles. The molecule has 0 unspecified atom stereocenters. The van der Waals surface area contributed by atoms with E-state index in [-0.39, 0.29) is 23.3 Å². The zero-order valence-corrected chi connectivity index (χ0v) is 14.1. The van der Waals surface area contributed by atoms with E-state index < -0.39 is 0 Å². The van der Waals surface area contributed by atoms with Gasteiger partial charge in [-0.25, -0.2) is 4.98 Å². The number of ketones is 1. The van der Waals surface area contributed by atoms with Crippen molar-refractivity contribution in [3.05, 3.63) is 59.0 Å². The number of para-hydroxylation sites is 1. The van der Waals surface area contributed by atoms with Crippen LogP contribution in [0.3, 0.4) is 0 Å². The van der Waals surface area contributed by atoms with Gasteiger partial charge in [-0.2, -0.15) is 0 Å². The molecule has 2 aromatic heterocycles. The zero-order chi connectivity index (χ0) is 17.3. The van der Waals surface area contributed by atoms with Crippen LogP contribution in [0.2, 0.25) is 5.15 Å². The number of rotatable bonds is 4. The van der Waals surface area contributed by atoms with E-state index in [1.807, 2.05) is 35.9 Å². The fraction of sp³-hybridized carbons (Fsp3) is 0.167. The van der Waals surface area contributed by atoms with Crippen molar-refractivity contribution < 1.29 is 9.59 Å². The quantitative estimate of drug-likeness (QED) is 0.737. The van der Waals surface area contributed by atoms with E-state index in [1.165, 1.54) is 6.92 Å². The lowest BCUT2D eigenvalue weighted by Gasteiger charge is -2.07. The van der Waals surface area contributed by atoms with Crippen molar-refractivity contribution in [1.29, 1.82) is 0 Å². The summed E-state index contributed by atoms with van der Waals surface area (Å²) in [4.78, 5) is 27.9. The summed E-state index contributed by atoms with van der Waals surface area (Å²) in [6, 6.07) is 11.0. The Kier molecular flexibility index (Phi) is 4.36. The van der Waals surface area contributed by atoms with Crippen molar-refractivity contribution in [2.24, 2.45) is 7.05 Å². The van der Waals surface area contributed by atoms with Gasteiger partial charge in [0.1, 0.15) is 5.78 Å². The second-order valence-corrected chi connectivity index (χ2v) is 6.00. The number of anilines is 1. The first-order valence-corrected chi connectivity index (χ1v) is 7.84. The molecule has 5 nitrogen and oxygen atoms in total. The number of carbonyl (C=O) groups excluding carboxylic acids is 2. The van der Waals surface area contributed by atoms with Crippen LogP contribution in [0.1, 0.15) is 23.0 Å². The Balaban J connectivity index is 1.88. The predicted octanol–water partition coefficient (Wildman–Crippen LogP) is 3.61. The number of aryl methyl sites for hydroxylation is 1. The number of amides is 1. The van der Waals surface area contributed by atoms with Crippen LogP contribution in [0.5, 0.6) is 0 Å². The molecule has 0 fully saturated rings. The first-order valence-electron chi connectivity index (χ1n) is 7.46. The van der Waals surface area contributed by atoms with Crippen molar-refractivity contribution in [2.45, 2.75) is 13.3 Å². The Morgan fingerprint density at radius 3 is 2.67 bits per heavy atom. The first-order chi connectivity index (χ1) is 11.5. The number of aromatic nitrogens is 2. The lowest BCUT2D eigenvalue weighted by Crippen LogP contribution is -2.12. The largest absolute Gasteiger partial charge is 0.350 e. The van der Waals surface area contributed by atoms with Gasteiger partial charge in [0.15, 0.2) is 5.15 Å². The van der Waals surface area contributed by atoms with Crippen molar-refractivity contribution >= 4 is 39.9 Å². The number of hydrogen-bond donors (Lipinski definition) is 1. The van der Waals surface area contributed by atoms with Crippen LogP contribution >= 0.6 is 11.6 Å². The molecule has 122 valence electrons. The fourth-order valence-electron chi connectivity index (χ4n) is 2.63. The minimum absolute atomic E-state index is 0.00566. The molecule has 0 aliphatic carbocycles. The number of pyridine rings is 1. The summed E-state index contributed by atoms with van der Waals surface area (Å²) in [5.74, 6) is -0.249. The summed E-state index contributed by atoms with van der Waals surface area (Å²) in [7, 11) is 1.89. The molecule has 6 heteroatoms. The molecule has 24 heavy (non-hydrogen) atoms. The molecule has 1 aromatic carbocycles. The number of fused-ring (bicyclic) bond motifs is 1. The van der Waals surface area contributed by atoms with E-state index in [9.17, 15) is 9.59 Å². The Morgan fingerprint density at radius 1 is 1.21 bits per heavy atom. The van der Waals surface area contributed by atoms with E-state index in [0.717, 1.165) is 10.9 Å². The number of nitrogens with one attached hydrogen (secondary N) is 1. The van der Waals surface area contributed by atoms with Crippen LogP contribution in [-0.2, 0) is 18.3 Å². The van der Waals surface area contributed by atoms with Gasteiger partial charge < -0.3 is 9.88 Å². The average molecular weight is 342 g/mol. The van der Waals surface area contributed by atoms with Crippen molar-refractivity contribution in [2.75, 3.05) is 5.32 Å². The highest BCUT2D eigenvalue weighted by Gasteiger charge is 2.15. The summed E-state index contributed by atoms with van der Waals surface area (Å²) < 4.78 is 1.90. The SMILES string of the molecule is CC(=O)Cc1ccc(NC(=O)c2cn(C)c3ccccc23)c(Cl)n1. The monoisotopic (exact) mass is 341 g/mol. The summed E-state index contributed by atoms with van der Waals surface area (Å²) in [6.45, 7) is 1.49. The third kappa shape index (κ3) is 3.16. The van der Waals surface area contributed by atoms with E-state index in [2.05, 4.69) is 10.3 Å². The first kappa shape index (κ1) is 16.2. The molecule has 0 aliphatic rings. The molecule has 0 aliphatic heterocycles. The summed E-state index contributed by atoms with van der Waals surface area (Å²) >= 11 is 6.13. The maximum absolute atomic E-state index is 12.6. The van der Waals surface area contributed by atoms with E-state index in [1.54, 1.807) is 18.3 Å². The number of hydrogen-bond acceptors (Lipinski definition) is 3. The van der Waals surface area contributed by atoms with Crippen molar-refractivity contribution in [3.8, 4) is 0 Å². The van der Waals surface area contributed by atoms with Gasteiger partial charge in [-0.05, 0) is 25.1 Å². The molecular weight excluding hydrogens is 326 g/mol. The van der Waals surface area contributed by atoms with Gasteiger partial charge in [0.2, 0.25) is 0 Å².